The maximum absolute atomic E-state index is 9.76. The maximum atomic E-state index is 9.76. The van der Waals surface area contributed by atoms with E-state index in [1.54, 1.807) is 6.07 Å². The van der Waals surface area contributed by atoms with Crippen molar-refractivity contribution < 1.29 is 5.11 Å². The molecule has 19 heavy (non-hydrogen) atoms. The van der Waals surface area contributed by atoms with E-state index >= 15 is 0 Å². The molecule has 1 atom stereocenters. The van der Waals surface area contributed by atoms with Crippen LogP contribution in [0.15, 0.2) is 36.4 Å². The van der Waals surface area contributed by atoms with E-state index in [0.717, 1.165) is 19.4 Å². The third kappa shape index (κ3) is 1.53. The van der Waals surface area contributed by atoms with E-state index in [1.807, 2.05) is 6.07 Å². The van der Waals surface area contributed by atoms with Crippen molar-refractivity contribution in [2.24, 2.45) is 0 Å². The monoisotopic (exact) mass is 251 g/mol. The number of aromatic hydroxyl groups is 1. The number of rotatable bonds is 0. The van der Waals surface area contributed by atoms with Crippen LogP contribution in [0.3, 0.4) is 0 Å². The van der Waals surface area contributed by atoms with Crippen LogP contribution in [0.5, 0.6) is 5.75 Å². The number of phenols is 1. The molecule has 96 valence electrons. The van der Waals surface area contributed by atoms with E-state index in [2.05, 4.69) is 36.2 Å². The Bertz CT molecular complexity index is 662. The molecule has 0 spiro atoms. The normalized spacial score (nSPS) is 20.8. The summed E-state index contributed by atoms with van der Waals surface area (Å²) in [7, 11) is 2.22. The lowest BCUT2D eigenvalue weighted by atomic mass is 9.77. The molecule has 2 aliphatic rings. The van der Waals surface area contributed by atoms with Gasteiger partial charge in [0, 0.05) is 12.6 Å². The predicted octanol–water partition coefficient (Wildman–Crippen LogP) is 3.14. The van der Waals surface area contributed by atoms with Gasteiger partial charge < -0.3 is 5.11 Å². The number of fused-ring (bicyclic) bond motifs is 2. The summed E-state index contributed by atoms with van der Waals surface area (Å²) in [5.41, 5.74) is 6.83. The lowest BCUT2D eigenvalue weighted by Gasteiger charge is -2.39. The highest BCUT2D eigenvalue weighted by Gasteiger charge is 2.32. The molecule has 2 aromatic rings. The van der Waals surface area contributed by atoms with Crippen LogP contribution in [0.4, 0.5) is 0 Å². The summed E-state index contributed by atoms with van der Waals surface area (Å²) < 4.78 is 0. The Morgan fingerprint density at radius 2 is 2.00 bits per heavy atom. The molecule has 0 amide bonds. The minimum absolute atomic E-state index is 0.360. The molecule has 1 heterocycles. The van der Waals surface area contributed by atoms with Gasteiger partial charge in [-0.15, -0.1) is 0 Å². The van der Waals surface area contributed by atoms with Crippen LogP contribution < -0.4 is 0 Å². The minimum Gasteiger partial charge on any atom is -0.508 e. The summed E-state index contributed by atoms with van der Waals surface area (Å²) in [6, 6.07) is 12.9. The van der Waals surface area contributed by atoms with Crippen molar-refractivity contribution in [3.8, 4) is 16.9 Å². The van der Waals surface area contributed by atoms with Crippen molar-refractivity contribution >= 4 is 0 Å². The Hall–Kier alpha value is -1.80. The van der Waals surface area contributed by atoms with Crippen molar-refractivity contribution in [3.05, 3.63) is 53.1 Å². The topological polar surface area (TPSA) is 23.5 Å². The van der Waals surface area contributed by atoms with Gasteiger partial charge in [0.1, 0.15) is 5.75 Å². The SMILES string of the molecule is CN1CCc2cccc3c2[C@H]1Cc1ccc(O)cc1-3. The maximum Gasteiger partial charge on any atom is 0.116 e. The molecule has 0 radical (unpaired) electrons. The summed E-state index contributed by atoms with van der Waals surface area (Å²) in [6.07, 6.45) is 2.18. The van der Waals surface area contributed by atoms with Crippen molar-refractivity contribution in [1.29, 1.82) is 0 Å². The van der Waals surface area contributed by atoms with Crippen LogP contribution in [0.1, 0.15) is 22.7 Å². The molecular formula is C17H17NO. The summed E-state index contributed by atoms with van der Waals surface area (Å²) in [4.78, 5) is 2.46. The number of benzene rings is 2. The van der Waals surface area contributed by atoms with Crippen LogP contribution in [-0.4, -0.2) is 23.6 Å². The fourth-order valence-corrected chi connectivity index (χ4v) is 3.59. The van der Waals surface area contributed by atoms with Gasteiger partial charge in [0.05, 0.1) is 0 Å². The van der Waals surface area contributed by atoms with Crippen molar-refractivity contribution in [3.63, 3.8) is 0 Å². The van der Waals surface area contributed by atoms with E-state index in [0.29, 0.717) is 11.8 Å². The average Bonchev–Trinajstić information content (AvgIpc) is 2.43. The van der Waals surface area contributed by atoms with Gasteiger partial charge in [-0.1, -0.05) is 24.3 Å². The average molecular weight is 251 g/mol. The number of hydrogen-bond donors (Lipinski definition) is 1. The van der Waals surface area contributed by atoms with Crippen LogP contribution in [0.2, 0.25) is 0 Å². The Balaban J connectivity index is 2.02. The van der Waals surface area contributed by atoms with Gasteiger partial charge in [0.25, 0.3) is 0 Å². The smallest absolute Gasteiger partial charge is 0.116 e. The van der Waals surface area contributed by atoms with Gasteiger partial charge in [0.15, 0.2) is 0 Å². The number of nitrogens with zero attached hydrogens (tertiary/aromatic N) is 1. The first kappa shape index (κ1) is 11.1. The van der Waals surface area contributed by atoms with Gasteiger partial charge in [-0.05, 0) is 59.8 Å². The predicted molar refractivity (Wildman–Crippen MR) is 76.3 cm³/mol. The summed E-state index contributed by atoms with van der Waals surface area (Å²) in [5, 5.41) is 9.76. The quantitative estimate of drug-likeness (QED) is 0.777. The van der Waals surface area contributed by atoms with Crippen molar-refractivity contribution in [2.45, 2.75) is 18.9 Å². The Kier molecular flexibility index (Phi) is 2.24. The molecule has 0 unspecified atom stereocenters. The third-order valence-corrected chi connectivity index (χ3v) is 4.59. The van der Waals surface area contributed by atoms with Gasteiger partial charge >= 0.3 is 0 Å². The highest BCUT2D eigenvalue weighted by Crippen LogP contribution is 2.45. The summed E-state index contributed by atoms with van der Waals surface area (Å²) in [6.45, 7) is 1.13. The fraction of sp³-hybridized carbons (Fsp3) is 0.294. The number of hydrogen-bond acceptors (Lipinski definition) is 2. The molecule has 2 heteroatoms. The van der Waals surface area contributed by atoms with Gasteiger partial charge in [0.2, 0.25) is 0 Å². The lowest BCUT2D eigenvalue weighted by molar-refractivity contribution is 0.228. The van der Waals surface area contributed by atoms with Crippen LogP contribution in [-0.2, 0) is 12.8 Å². The first-order chi connectivity index (χ1) is 9.24. The second-order valence-electron chi connectivity index (χ2n) is 5.67. The largest absolute Gasteiger partial charge is 0.508 e. The molecule has 0 bridgehead atoms. The molecular weight excluding hydrogens is 234 g/mol. The summed E-state index contributed by atoms with van der Waals surface area (Å²) >= 11 is 0. The molecule has 0 saturated heterocycles. The Morgan fingerprint density at radius 1 is 1.11 bits per heavy atom. The van der Waals surface area contributed by atoms with E-state index < -0.39 is 0 Å². The Morgan fingerprint density at radius 3 is 2.89 bits per heavy atom. The molecule has 2 nitrogen and oxygen atoms in total. The molecule has 2 aromatic carbocycles. The molecule has 0 aromatic heterocycles. The van der Waals surface area contributed by atoms with Crippen molar-refractivity contribution in [1.82, 2.24) is 4.90 Å². The van der Waals surface area contributed by atoms with Gasteiger partial charge in [-0.3, -0.25) is 4.90 Å². The van der Waals surface area contributed by atoms with Crippen LogP contribution in [0, 0.1) is 0 Å². The van der Waals surface area contributed by atoms with E-state index in [1.165, 1.54) is 27.8 Å². The minimum atomic E-state index is 0.360. The van der Waals surface area contributed by atoms with Gasteiger partial charge in [-0.2, -0.15) is 0 Å². The third-order valence-electron chi connectivity index (χ3n) is 4.59. The second-order valence-corrected chi connectivity index (χ2v) is 5.67. The zero-order chi connectivity index (χ0) is 13.0. The second kappa shape index (κ2) is 3.84. The zero-order valence-corrected chi connectivity index (χ0v) is 11.1. The number of likely N-dealkylation sites (N-methyl/N-ethyl adjacent to an activating group) is 1. The highest BCUT2D eigenvalue weighted by molar-refractivity contribution is 5.76. The van der Waals surface area contributed by atoms with E-state index in [-0.39, 0.29) is 0 Å². The van der Waals surface area contributed by atoms with Crippen LogP contribution in [0.25, 0.3) is 11.1 Å². The molecule has 1 aliphatic heterocycles. The van der Waals surface area contributed by atoms with Crippen molar-refractivity contribution in [2.75, 3.05) is 13.6 Å². The standard InChI is InChI=1S/C17H17NO/c1-18-8-7-11-3-2-4-14-15-10-13(19)6-5-12(15)9-16(18)17(11)14/h2-6,10,16,19H,7-9H2,1H3/t16-/m1/s1. The fourth-order valence-electron chi connectivity index (χ4n) is 3.59. The van der Waals surface area contributed by atoms with Gasteiger partial charge in [-0.25, -0.2) is 0 Å². The number of phenolic OH excluding ortho intramolecular Hbond substituents is 1. The first-order valence-electron chi connectivity index (χ1n) is 6.88. The van der Waals surface area contributed by atoms with E-state index in [4.69, 9.17) is 0 Å². The molecule has 4 rings (SSSR count). The van der Waals surface area contributed by atoms with Crippen LogP contribution >= 0.6 is 0 Å². The lowest BCUT2D eigenvalue weighted by Crippen LogP contribution is -2.35. The summed E-state index contributed by atoms with van der Waals surface area (Å²) in [5.74, 6) is 0.360. The zero-order valence-electron chi connectivity index (χ0n) is 11.1. The first-order valence-corrected chi connectivity index (χ1v) is 6.88. The van der Waals surface area contributed by atoms with E-state index in [9.17, 15) is 5.11 Å². The molecule has 0 saturated carbocycles. The molecule has 1 aliphatic carbocycles. The Labute approximate surface area is 113 Å². The molecule has 0 fully saturated rings. The highest BCUT2D eigenvalue weighted by atomic mass is 16.3. The molecule has 1 N–H and O–H groups in total.